The molecule has 29 heavy (non-hydrogen) atoms. The van der Waals surface area contributed by atoms with Gasteiger partial charge in [0.15, 0.2) is 23.9 Å². The van der Waals surface area contributed by atoms with E-state index < -0.39 is 0 Å². The molecule has 0 aliphatic carbocycles. The highest BCUT2D eigenvalue weighted by Gasteiger charge is 2.35. The standard InChI is InChI=1S/C21H23N3O4S/c1-13-9-19(23-28-13)22-20(25)12-24-7-6-14-10-16(26-2)17(27-3)11-15(14)21(24)18-5-4-8-29-18/h4-5,8-11,21H,6-7,12H2,1-3H3,(H,22,23,25)/p+1/t21-/m0/s1. The van der Waals surface area contributed by atoms with Crippen LogP contribution < -0.4 is 19.7 Å². The van der Waals surface area contributed by atoms with Gasteiger partial charge in [-0.2, -0.15) is 0 Å². The van der Waals surface area contributed by atoms with E-state index in [1.165, 1.54) is 20.9 Å². The van der Waals surface area contributed by atoms with E-state index in [0.29, 0.717) is 23.9 Å². The Morgan fingerprint density at radius 1 is 1.31 bits per heavy atom. The average molecular weight is 415 g/mol. The lowest BCUT2D eigenvalue weighted by molar-refractivity contribution is -0.919. The molecule has 8 heteroatoms. The molecule has 2 atom stereocenters. The van der Waals surface area contributed by atoms with Gasteiger partial charge in [-0.25, -0.2) is 0 Å². The lowest BCUT2D eigenvalue weighted by Crippen LogP contribution is -3.14. The third-order valence-corrected chi connectivity index (χ3v) is 6.13. The van der Waals surface area contributed by atoms with E-state index >= 15 is 0 Å². The van der Waals surface area contributed by atoms with Crippen molar-refractivity contribution < 1.29 is 23.7 Å². The van der Waals surface area contributed by atoms with Crippen LogP contribution in [-0.4, -0.2) is 38.4 Å². The Morgan fingerprint density at radius 3 is 2.76 bits per heavy atom. The Balaban J connectivity index is 1.64. The Morgan fingerprint density at radius 2 is 2.10 bits per heavy atom. The number of quaternary nitrogens is 1. The quantitative estimate of drug-likeness (QED) is 0.647. The fourth-order valence-electron chi connectivity index (χ4n) is 3.90. The van der Waals surface area contributed by atoms with Gasteiger partial charge in [-0.15, -0.1) is 11.3 Å². The summed E-state index contributed by atoms with van der Waals surface area (Å²) in [5.74, 6) is 2.47. The first kappa shape index (κ1) is 19.5. The van der Waals surface area contributed by atoms with E-state index in [1.807, 2.05) is 6.07 Å². The van der Waals surface area contributed by atoms with E-state index in [9.17, 15) is 4.79 Å². The molecule has 1 aromatic carbocycles. The lowest BCUT2D eigenvalue weighted by Gasteiger charge is -2.34. The Labute approximate surface area is 173 Å². The fourth-order valence-corrected chi connectivity index (χ4v) is 4.80. The molecule has 7 nitrogen and oxygen atoms in total. The molecule has 152 valence electrons. The van der Waals surface area contributed by atoms with E-state index in [4.69, 9.17) is 14.0 Å². The number of amides is 1. The molecule has 3 aromatic rings. The maximum absolute atomic E-state index is 12.7. The number of aromatic nitrogens is 1. The third-order valence-electron chi connectivity index (χ3n) is 5.19. The molecular weight excluding hydrogens is 390 g/mol. The van der Waals surface area contributed by atoms with Crippen molar-refractivity contribution in [2.24, 2.45) is 0 Å². The Bertz CT molecular complexity index is 1000. The number of hydrogen-bond acceptors (Lipinski definition) is 6. The number of ether oxygens (including phenoxy) is 2. The average Bonchev–Trinajstić information content (AvgIpc) is 3.38. The second-order valence-corrected chi connectivity index (χ2v) is 8.04. The molecule has 1 unspecified atom stereocenters. The van der Waals surface area contributed by atoms with Gasteiger partial charge >= 0.3 is 0 Å². The molecule has 0 bridgehead atoms. The van der Waals surface area contributed by atoms with Gasteiger partial charge in [0.1, 0.15) is 11.8 Å². The van der Waals surface area contributed by atoms with Gasteiger partial charge in [0, 0.05) is 18.1 Å². The zero-order chi connectivity index (χ0) is 20.4. The van der Waals surface area contributed by atoms with Crippen molar-refractivity contribution in [2.75, 3.05) is 32.6 Å². The van der Waals surface area contributed by atoms with Crippen LogP contribution in [0.15, 0.2) is 40.2 Å². The monoisotopic (exact) mass is 414 g/mol. The largest absolute Gasteiger partial charge is 0.493 e. The van der Waals surface area contributed by atoms with E-state index in [2.05, 4.69) is 34.1 Å². The van der Waals surface area contributed by atoms with Crippen LogP contribution in [0, 0.1) is 6.92 Å². The number of methoxy groups -OCH3 is 2. The van der Waals surface area contributed by atoms with Crippen LogP contribution in [0.4, 0.5) is 5.82 Å². The number of carbonyl (C=O) groups excluding carboxylic acids is 1. The number of fused-ring (bicyclic) bond motifs is 1. The first-order chi connectivity index (χ1) is 14.1. The minimum atomic E-state index is -0.0845. The molecule has 4 rings (SSSR count). The van der Waals surface area contributed by atoms with Crippen LogP contribution >= 0.6 is 11.3 Å². The van der Waals surface area contributed by atoms with Crippen molar-refractivity contribution in [1.82, 2.24) is 5.16 Å². The number of rotatable bonds is 6. The topological polar surface area (TPSA) is 78.0 Å². The zero-order valence-electron chi connectivity index (χ0n) is 16.7. The van der Waals surface area contributed by atoms with Crippen molar-refractivity contribution in [3.8, 4) is 11.5 Å². The summed E-state index contributed by atoms with van der Waals surface area (Å²) in [5.41, 5.74) is 2.41. The van der Waals surface area contributed by atoms with Gasteiger partial charge in [0.25, 0.3) is 5.91 Å². The molecule has 0 radical (unpaired) electrons. The number of benzene rings is 1. The molecule has 1 aliphatic heterocycles. The molecular formula is C21H24N3O4S+. The summed E-state index contributed by atoms with van der Waals surface area (Å²) in [5, 5.41) is 8.76. The van der Waals surface area contributed by atoms with E-state index in [-0.39, 0.29) is 11.9 Å². The number of anilines is 1. The Hall–Kier alpha value is -2.84. The molecule has 1 amide bonds. The fraction of sp³-hybridized carbons (Fsp3) is 0.333. The smallest absolute Gasteiger partial charge is 0.280 e. The normalized spacial score (nSPS) is 18.2. The van der Waals surface area contributed by atoms with Gasteiger partial charge in [-0.05, 0) is 36.1 Å². The Kier molecular flexibility index (Phi) is 5.55. The summed E-state index contributed by atoms with van der Waals surface area (Å²) in [6.07, 6.45) is 0.864. The number of nitrogens with one attached hydrogen (secondary N) is 2. The van der Waals surface area contributed by atoms with Crippen LogP contribution in [-0.2, 0) is 11.2 Å². The van der Waals surface area contributed by atoms with Gasteiger partial charge in [-0.3, -0.25) is 4.79 Å². The summed E-state index contributed by atoms with van der Waals surface area (Å²) in [4.78, 5) is 15.1. The van der Waals surface area contributed by atoms with Gasteiger partial charge in [0.2, 0.25) is 0 Å². The molecule has 0 fully saturated rings. The maximum Gasteiger partial charge on any atom is 0.280 e. The second-order valence-electron chi connectivity index (χ2n) is 7.06. The zero-order valence-corrected chi connectivity index (χ0v) is 17.5. The van der Waals surface area contributed by atoms with Crippen molar-refractivity contribution in [2.45, 2.75) is 19.4 Å². The summed E-state index contributed by atoms with van der Waals surface area (Å²) >= 11 is 1.70. The van der Waals surface area contributed by atoms with Crippen LogP contribution in [0.3, 0.4) is 0 Å². The maximum atomic E-state index is 12.7. The summed E-state index contributed by atoms with van der Waals surface area (Å²) in [6, 6.07) is 10.1. The highest BCUT2D eigenvalue weighted by Crippen LogP contribution is 2.37. The van der Waals surface area contributed by atoms with Gasteiger partial charge < -0.3 is 24.2 Å². The minimum Gasteiger partial charge on any atom is -0.493 e. The molecule has 0 saturated heterocycles. The predicted octanol–water partition coefficient (Wildman–Crippen LogP) is 2.23. The molecule has 1 aliphatic rings. The van der Waals surface area contributed by atoms with Crippen molar-refractivity contribution >= 4 is 23.1 Å². The lowest BCUT2D eigenvalue weighted by atomic mass is 9.91. The number of carbonyl (C=O) groups is 1. The van der Waals surface area contributed by atoms with Crippen LogP contribution in [0.1, 0.15) is 27.8 Å². The summed E-state index contributed by atoms with van der Waals surface area (Å²) in [6.45, 7) is 2.97. The van der Waals surface area contributed by atoms with E-state index in [0.717, 1.165) is 18.7 Å². The number of nitrogens with zero attached hydrogens (tertiary/aromatic N) is 1. The number of aryl methyl sites for hydroxylation is 1. The molecule has 2 N–H and O–H groups in total. The predicted molar refractivity (Wildman–Crippen MR) is 110 cm³/mol. The number of thiophene rings is 1. The molecule has 3 heterocycles. The summed E-state index contributed by atoms with van der Waals surface area (Å²) in [7, 11) is 3.29. The van der Waals surface area contributed by atoms with Crippen molar-refractivity contribution in [3.63, 3.8) is 0 Å². The van der Waals surface area contributed by atoms with Gasteiger partial charge in [0.05, 0.1) is 25.6 Å². The molecule has 2 aromatic heterocycles. The van der Waals surface area contributed by atoms with Gasteiger partial charge in [-0.1, -0.05) is 11.2 Å². The third kappa shape index (κ3) is 3.99. The van der Waals surface area contributed by atoms with Crippen molar-refractivity contribution in [3.05, 3.63) is 57.5 Å². The van der Waals surface area contributed by atoms with Crippen LogP contribution in [0.25, 0.3) is 0 Å². The van der Waals surface area contributed by atoms with Crippen LogP contribution in [0.5, 0.6) is 11.5 Å². The molecule has 0 spiro atoms. The van der Waals surface area contributed by atoms with E-state index in [1.54, 1.807) is 38.5 Å². The van der Waals surface area contributed by atoms with Crippen LogP contribution in [0.2, 0.25) is 0 Å². The second kappa shape index (κ2) is 8.26. The summed E-state index contributed by atoms with van der Waals surface area (Å²) < 4.78 is 16.0. The SMILES string of the molecule is COc1cc2c(cc1OC)[C@@H](c1cccs1)[NH+](CC(=O)Nc1cc(C)on1)CC2. The van der Waals surface area contributed by atoms with Crippen molar-refractivity contribution in [1.29, 1.82) is 0 Å². The first-order valence-electron chi connectivity index (χ1n) is 9.45. The minimum absolute atomic E-state index is 0.0587. The highest BCUT2D eigenvalue weighted by atomic mass is 32.1. The first-order valence-corrected chi connectivity index (χ1v) is 10.3. The molecule has 0 saturated carbocycles. The highest BCUT2D eigenvalue weighted by molar-refractivity contribution is 7.10. The number of hydrogen-bond donors (Lipinski definition) is 2.